The molecule has 0 spiro atoms. The minimum Gasteiger partial charge on any atom is -0.508 e. The fourth-order valence-electron chi connectivity index (χ4n) is 3.74. The number of amides is 1. The van der Waals surface area contributed by atoms with E-state index in [-0.39, 0.29) is 11.7 Å². The molecule has 0 bridgehead atoms. The van der Waals surface area contributed by atoms with Crippen molar-refractivity contribution in [2.75, 3.05) is 16.8 Å². The van der Waals surface area contributed by atoms with Crippen LogP contribution in [-0.4, -0.2) is 23.2 Å². The summed E-state index contributed by atoms with van der Waals surface area (Å²) in [5.74, 6) is 0.0346. The van der Waals surface area contributed by atoms with Gasteiger partial charge in [0.1, 0.15) is 10.7 Å². The predicted octanol–water partition coefficient (Wildman–Crippen LogP) is 6.19. The molecule has 1 N–H and O–H groups in total. The maximum atomic E-state index is 13.7. The summed E-state index contributed by atoms with van der Waals surface area (Å²) in [6.07, 6.45) is 0. The van der Waals surface area contributed by atoms with Crippen LogP contribution in [0.4, 0.5) is 17.1 Å². The first-order valence-electron chi connectivity index (χ1n) is 10.1. The van der Waals surface area contributed by atoms with Gasteiger partial charge in [0.25, 0.3) is 5.91 Å². The largest absolute Gasteiger partial charge is 0.508 e. The van der Waals surface area contributed by atoms with Gasteiger partial charge < -0.3 is 10.0 Å². The van der Waals surface area contributed by atoms with Gasteiger partial charge in [-0.25, -0.2) is 4.99 Å². The van der Waals surface area contributed by atoms with Gasteiger partial charge in [0, 0.05) is 11.9 Å². The van der Waals surface area contributed by atoms with Crippen molar-refractivity contribution >= 4 is 51.7 Å². The van der Waals surface area contributed by atoms with E-state index in [0.29, 0.717) is 15.8 Å². The molecule has 5 rings (SSSR count). The standard InChI is InChI=1S/C25H21N3O2S2/c1-15-8-13-19(16(2)14-15)26-25-28(17-9-11-18(29)12-10-17)23(30)22(32-25)24-27(3)20-6-4-5-7-21(20)31-24/h4-14,29H,1-3H3. The molecule has 7 heteroatoms. The second kappa shape index (κ2) is 8.07. The third kappa shape index (κ3) is 3.57. The molecule has 5 nitrogen and oxygen atoms in total. The fourth-order valence-corrected chi connectivity index (χ4v) is 6.08. The molecule has 0 atom stereocenters. The SMILES string of the molecule is Cc1ccc(N=C2SC(=C3Sc4ccccc4N3C)C(=O)N2c2ccc(O)cc2)c(C)c1. The van der Waals surface area contributed by atoms with Crippen molar-refractivity contribution in [2.24, 2.45) is 4.99 Å². The summed E-state index contributed by atoms with van der Waals surface area (Å²) in [7, 11) is 1.99. The lowest BCUT2D eigenvalue weighted by molar-refractivity contribution is -0.113. The fraction of sp³-hybridized carbons (Fsp3) is 0.120. The third-order valence-electron chi connectivity index (χ3n) is 5.39. The van der Waals surface area contributed by atoms with Crippen molar-refractivity contribution in [3.8, 4) is 5.75 Å². The molecular formula is C25H21N3O2S2. The zero-order valence-corrected chi connectivity index (χ0v) is 19.5. The molecule has 3 aromatic carbocycles. The zero-order chi connectivity index (χ0) is 22.4. The summed E-state index contributed by atoms with van der Waals surface area (Å²) < 4.78 is 0. The maximum absolute atomic E-state index is 13.7. The Kier molecular flexibility index (Phi) is 5.23. The van der Waals surface area contributed by atoms with Crippen LogP contribution in [0.3, 0.4) is 0 Å². The normalized spacial score (nSPS) is 19.2. The van der Waals surface area contributed by atoms with Crippen molar-refractivity contribution in [2.45, 2.75) is 18.7 Å². The van der Waals surface area contributed by atoms with Crippen LogP contribution in [0.15, 0.2) is 86.6 Å². The molecule has 2 heterocycles. The second-order valence-electron chi connectivity index (χ2n) is 7.71. The lowest BCUT2D eigenvalue weighted by Gasteiger charge is -2.17. The van der Waals surface area contributed by atoms with Gasteiger partial charge in [-0.15, -0.1) is 0 Å². The van der Waals surface area contributed by atoms with Gasteiger partial charge in [-0.1, -0.05) is 41.6 Å². The number of para-hydroxylation sites is 1. The number of amidine groups is 1. The first-order chi connectivity index (χ1) is 15.4. The Hall–Kier alpha value is -3.16. The van der Waals surface area contributed by atoms with Gasteiger partial charge in [0.2, 0.25) is 0 Å². The summed E-state index contributed by atoms with van der Waals surface area (Å²) >= 11 is 2.99. The molecule has 1 amide bonds. The number of aliphatic imine (C=N–C) groups is 1. The number of phenolic OH excluding ortho intramolecular Hbond substituents is 1. The number of nitrogens with zero attached hydrogens (tertiary/aromatic N) is 3. The molecule has 160 valence electrons. The molecule has 1 fully saturated rings. The van der Waals surface area contributed by atoms with Crippen LogP contribution in [-0.2, 0) is 4.79 Å². The van der Waals surface area contributed by atoms with Crippen LogP contribution in [0.1, 0.15) is 11.1 Å². The van der Waals surface area contributed by atoms with E-state index >= 15 is 0 Å². The first-order valence-corrected chi connectivity index (χ1v) is 11.8. The van der Waals surface area contributed by atoms with Crippen LogP contribution in [0.25, 0.3) is 0 Å². The topological polar surface area (TPSA) is 56.1 Å². The van der Waals surface area contributed by atoms with Crippen LogP contribution in [0, 0.1) is 13.8 Å². The van der Waals surface area contributed by atoms with Crippen LogP contribution < -0.4 is 9.80 Å². The van der Waals surface area contributed by atoms with Crippen LogP contribution in [0.5, 0.6) is 5.75 Å². The predicted molar refractivity (Wildman–Crippen MR) is 134 cm³/mol. The first kappa shape index (κ1) is 20.7. The molecule has 3 aromatic rings. The molecule has 1 saturated heterocycles. The summed E-state index contributed by atoms with van der Waals surface area (Å²) in [5.41, 5.74) is 4.81. The van der Waals surface area contributed by atoms with E-state index in [0.717, 1.165) is 26.9 Å². The van der Waals surface area contributed by atoms with Gasteiger partial charge in [-0.2, -0.15) is 0 Å². The summed E-state index contributed by atoms with van der Waals surface area (Å²) in [4.78, 5) is 24.0. The quantitative estimate of drug-likeness (QED) is 0.463. The minimum absolute atomic E-state index is 0.119. The number of carbonyl (C=O) groups is 1. The van der Waals surface area contributed by atoms with Crippen molar-refractivity contribution in [1.29, 1.82) is 0 Å². The van der Waals surface area contributed by atoms with E-state index in [1.807, 2.05) is 45.2 Å². The lowest BCUT2D eigenvalue weighted by Crippen LogP contribution is -2.29. The van der Waals surface area contributed by atoms with Crippen LogP contribution in [0.2, 0.25) is 0 Å². The Morgan fingerprint density at radius 3 is 2.41 bits per heavy atom. The minimum atomic E-state index is -0.119. The van der Waals surface area contributed by atoms with E-state index in [1.54, 1.807) is 40.9 Å². The Labute approximate surface area is 195 Å². The van der Waals surface area contributed by atoms with E-state index in [1.165, 1.54) is 17.3 Å². The van der Waals surface area contributed by atoms with Gasteiger partial charge in [-0.05, 0) is 73.6 Å². The maximum Gasteiger partial charge on any atom is 0.274 e. The number of carbonyl (C=O) groups excluding carboxylic acids is 1. The summed E-state index contributed by atoms with van der Waals surface area (Å²) in [6, 6.07) is 20.9. The number of thioether (sulfide) groups is 2. The van der Waals surface area contributed by atoms with E-state index in [9.17, 15) is 9.90 Å². The smallest absolute Gasteiger partial charge is 0.274 e. The molecule has 2 aliphatic heterocycles. The molecule has 0 unspecified atom stereocenters. The van der Waals surface area contributed by atoms with Crippen molar-refractivity contribution in [1.82, 2.24) is 0 Å². The Morgan fingerprint density at radius 1 is 0.938 bits per heavy atom. The highest BCUT2D eigenvalue weighted by molar-refractivity contribution is 8.20. The molecule has 0 aromatic heterocycles. The van der Waals surface area contributed by atoms with Gasteiger partial charge in [0.05, 0.1) is 22.1 Å². The lowest BCUT2D eigenvalue weighted by atomic mass is 10.1. The average Bonchev–Trinajstić information content (AvgIpc) is 3.27. The van der Waals surface area contributed by atoms with Crippen LogP contribution >= 0.6 is 23.5 Å². The number of aromatic hydroxyl groups is 1. The molecule has 2 aliphatic rings. The number of rotatable bonds is 2. The highest BCUT2D eigenvalue weighted by atomic mass is 32.2. The monoisotopic (exact) mass is 459 g/mol. The Balaban J connectivity index is 1.63. The molecule has 0 aliphatic carbocycles. The number of hydrogen-bond acceptors (Lipinski definition) is 6. The zero-order valence-electron chi connectivity index (χ0n) is 17.9. The molecule has 0 saturated carbocycles. The number of phenols is 1. The third-order valence-corrected chi connectivity index (χ3v) is 7.78. The molecule has 32 heavy (non-hydrogen) atoms. The average molecular weight is 460 g/mol. The summed E-state index contributed by atoms with van der Waals surface area (Å²) in [6.45, 7) is 4.07. The van der Waals surface area contributed by atoms with E-state index in [4.69, 9.17) is 4.99 Å². The summed E-state index contributed by atoms with van der Waals surface area (Å²) in [5, 5.41) is 11.2. The van der Waals surface area contributed by atoms with E-state index < -0.39 is 0 Å². The molecular weight excluding hydrogens is 438 g/mol. The van der Waals surface area contributed by atoms with Crippen molar-refractivity contribution in [3.05, 3.63) is 87.8 Å². The Bertz CT molecular complexity index is 1300. The van der Waals surface area contributed by atoms with Crippen molar-refractivity contribution in [3.63, 3.8) is 0 Å². The Morgan fingerprint density at radius 2 is 1.69 bits per heavy atom. The van der Waals surface area contributed by atoms with Crippen molar-refractivity contribution < 1.29 is 9.90 Å². The highest BCUT2D eigenvalue weighted by Gasteiger charge is 2.40. The highest BCUT2D eigenvalue weighted by Crippen LogP contribution is 2.50. The van der Waals surface area contributed by atoms with E-state index in [2.05, 4.69) is 23.1 Å². The number of fused-ring (bicyclic) bond motifs is 1. The van der Waals surface area contributed by atoms with Gasteiger partial charge in [-0.3, -0.25) is 9.69 Å². The number of hydrogen-bond donors (Lipinski definition) is 1. The number of aryl methyl sites for hydroxylation is 2. The number of benzene rings is 3. The van der Waals surface area contributed by atoms with Gasteiger partial charge in [0.15, 0.2) is 5.17 Å². The molecule has 0 radical (unpaired) electrons. The van der Waals surface area contributed by atoms with Gasteiger partial charge >= 0.3 is 0 Å². The second-order valence-corrected chi connectivity index (χ2v) is 9.71. The number of anilines is 2.